The minimum absolute atomic E-state index is 0.0689. The van der Waals surface area contributed by atoms with Crippen molar-refractivity contribution in [3.05, 3.63) is 42.6 Å². The predicted octanol–water partition coefficient (Wildman–Crippen LogP) is 6.42. The molecule has 142 valence electrons. The minimum atomic E-state index is -2.02. The summed E-state index contributed by atoms with van der Waals surface area (Å²) in [5.74, 6) is 0.607. The third-order valence-electron chi connectivity index (χ3n) is 4.79. The van der Waals surface area contributed by atoms with Crippen molar-refractivity contribution in [2.24, 2.45) is 0 Å². The average Bonchev–Trinajstić information content (AvgIpc) is 2.83. The molecule has 0 amide bonds. The molecule has 1 aromatic heterocycles. The number of nitrogens with zero attached hydrogens (tertiary/aromatic N) is 1. The molecular formula is C21H31NO3Si. The maximum atomic E-state index is 12.6. The summed E-state index contributed by atoms with van der Waals surface area (Å²) in [5.41, 5.74) is 1.06. The lowest BCUT2D eigenvalue weighted by molar-refractivity contribution is 0.0544. The monoisotopic (exact) mass is 373 g/mol. The number of aromatic nitrogens is 1. The molecule has 0 bridgehead atoms. The molecule has 0 atom stereocenters. The quantitative estimate of drug-likeness (QED) is 0.460. The molecule has 0 saturated carbocycles. The van der Waals surface area contributed by atoms with E-state index >= 15 is 0 Å². The van der Waals surface area contributed by atoms with Gasteiger partial charge in [-0.2, -0.15) is 0 Å². The summed E-state index contributed by atoms with van der Waals surface area (Å²) in [6, 6.07) is 7.74. The zero-order valence-electron chi connectivity index (χ0n) is 17.3. The molecule has 1 heterocycles. The molecule has 0 aliphatic heterocycles. The lowest BCUT2D eigenvalue weighted by Crippen LogP contribution is -2.40. The maximum Gasteiger partial charge on any atom is 0.419 e. The van der Waals surface area contributed by atoms with Gasteiger partial charge >= 0.3 is 6.09 Å². The first-order valence-electron chi connectivity index (χ1n) is 8.95. The van der Waals surface area contributed by atoms with Crippen molar-refractivity contribution < 1.29 is 14.0 Å². The van der Waals surface area contributed by atoms with Crippen LogP contribution in [0.25, 0.3) is 16.7 Å². The molecule has 5 heteroatoms. The van der Waals surface area contributed by atoms with Gasteiger partial charge in [-0.3, -0.25) is 4.57 Å². The first-order chi connectivity index (χ1) is 11.7. The van der Waals surface area contributed by atoms with E-state index in [-0.39, 0.29) is 5.04 Å². The first-order valence-corrected chi connectivity index (χ1v) is 11.9. The number of hydrogen-bond donors (Lipinski definition) is 0. The highest BCUT2D eigenvalue weighted by molar-refractivity contribution is 6.74. The largest absolute Gasteiger partial charge is 0.543 e. The Kier molecular flexibility index (Phi) is 5.16. The van der Waals surface area contributed by atoms with Crippen molar-refractivity contribution in [3.63, 3.8) is 0 Å². The molecule has 0 aliphatic rings. The van der Waals surface area contributed by atoms with Gasteiger partial charge in [0.15, 0.2) is 0 Å². The van der Waals surface area contributed by atoms with Gasteiger partial charge < -0.3 is 9.16 Å². The van der Waals surface area contributed by atoms with E-state index in [1.54, 1.807) is 6.20 Å². The second kappa shape index (κ2) is 6.61. The van der Waals surface area contributed by atoms with E-state index in [1.165, 1.54) is 4.57 Å². The van der Waals surface area contributed by atoms with Gasteiger partial charge in [-0.15, -0.1) is 0 Å². The SMILES string of the molecule is C=C(O[Si](C)(C)C(C)(C)C)c1cn(C(=O)OC(C)(C)C)c2ccccc12. The van der Waals surface area contributed by atoms with Crippen LogP contribution in [0.2, 0.25) is 18.1 Å². The average molecular weight is 374 g/mol. The summed E-state index contributed by atoms with van der Waals surface area (Å²) in [6.45, 7) is 20.7. The van der Waals surface area contributed by atoms with Gasteiger partial charge in [0, 0.05) is 17.1 Å². The molecule has 26 heavy (non-hydrogen) atoms. The van der Waals surface area contributed by atoms with E-state index in [2.05, 4.69) is 40.4 Å². The summed E-state index contributed by atoms with van der Waals surface area (Å²) in [5, 5.41) is 1.00. The van der Waals surface area contributed by atoms with E-state index in [4.69, 9.17) is 9.16 Å². The van der Waals surface area contributed by atoms with Crippen molar-refractivity contribution in [1.29, 1.82) is 0 Å². The number of hydrogen-bond acceptors (Lipinski definition) is 3. The molecule has 2 rings (SSSR count). The van der Waals surface area contributed by atoms with E-state index in [0.717, 1.165) is 16.5 Å². The Labute approximate surface area is 157 Å². The van der Waals surface area contributed by atoms with Crippen molar-refractivity contribution in [3.8, 4) is 0 Å². The molecule has 0 saturated heterocycles. The van der Waals surface area contributed by atoms with Crippen molar-refractivity contribution in [1.82, 2.24) is 4.57 Å². The number of carbonyl (C=O) groups excluding carboxylic acids is 1. The van der Waals surface area contributed by atoms with Crippen molar-refractivity contribution >= 4 is 31.1 Å². The highest BCUT2D eigenvalue weighted by atomic mass is 28.4. The van der Waals surface area contributed by atoms with Crippen molar-refractivity contribution in [2.45, 2.75) is 65.3 Å². The van der Waals surface area contributed by atoms with Crippen LogP contribution in [0.1, 0.15) is 47.1 Å². The Hall–Kier alpha value is -2.01. The Morgan fingerprint density at radius 3 is 2.19 bits per heavy atom. The molecule has 0 N–H and O–H groups in total. The fourth-order valence-corrected chi connectivity index (χ4v) is 3.41. The number of benzene rings is 1. The van der Waals surface area contributed by atoms with Crippen LogP contribution in [0.4, 0.5) is 4.79 Å². The molecule has 4 nitrogen and oxygen atoms in total. The predicted molar refractivity (Wildman–Crippen MR) is 111 cm³/mol. The van der Waals surface area contributed by atoms with Gasteiger partial charge in [0.1, 0.15) is 11.4 Å². The summed E-state index contributed by atoms with van der Waals surface area (Å²) in [6.07, 6.45) is 1.37. The molecular weight excluding hydrogens is 342 g/mol. The number of fused-ring (bicyclic) bond motifs is 1. The molecule has 2 aromatic rings. The zero-order valence-corrected chi connectivity index (χ0v) is 18.3. The number of ether oxygens (including phenoxy) is 1. The normalized spacial score (nSPS) is 12.9. The summed E-state index contributed by atoms with van der Waals surface area (Å²) < 4.78 is 13.4. The van der Waals surface area contributed by atoms with Crippen LogP contribution < -0.4 is 0 Å². The second-order valence-corrected chi connectivity index (χ2v) is 13.9. The van der Waals surface area contributed by atoms with Crippen LogP contribution in [0.15, 0.2) is 37.0 Å². The summed E-state index contributed by atoms with van der Waals surface area (Å²) in [7, 11) is -2.02. The van der Waals surface area contributed by atoms with Crippen LogP contribution in [0.5, 0.6) is 0 Å². The molecule has 0 aliphatic carbocycles. The zero-order chi connectivity index (χ0) is 19.9. The number of carbonyl (C=O) groups is 1. The van der Waals surface area contributed by atoms with Crippen LogP contribution in [0, 0.1) is 0 Å². The third-order valence-corrected chi connectivity index (χ3v) is 9.16. The molecule has 0 unspecified atom stereocenters. The summed E-state index contributed by atoms with van der Waals surface area (Å²) >= 11 is 0. The van der Waals surface area contributed by atoms with Gasteiger partial charge in [0.05, 0.1) is 5.52 Å². The Morgan fingerprint density at radius 1 is 1.08 bits per heavy atom. The van der Waals surface area contributed by atoms with E-state index in [1.807, 2.05) is 45.0 Å². The van der Waals surface area contributed by atoms with Gasteiger partial charge in [-0.05, 0) is 45.0 Å². The number of rotatable bonds is 3. The van der Waals surface area contributed by atoms with Crippen LogP contribution in [-0.4, -0.2) is 24.6 Å². The lowest BCUT2D eigenvalue weighted by atomic mass is 10.1. The van der Waals surface area contributed by atoms with E-state index in [9.17, 15) is 4.79 Å². The minimum Gasteiger partial charge on any atom is -0.543 e. The maximum absolute atomic E-state index is 12.6. The molecule has 1 aromatic carbocycles. The first kappa shape index (κ1) is 20.3. The van der Waals surface area contributed by atoms with Gasteiger partial charge in [-0.25, -0.2) is 4.79 Å². The van der Waals surface area contributed by atoms with E-state index < -0.39 is 20.0 Å². The van der Waals surface area contributed by atoms with Crippen LogP contribution >= 0.6 is 0 Å². The Morgan fingerprint density at radius 2 is 1.65 bits per heavy atom. The Balaban J connectivity index is 2.46. The van der Waals surface area contributed by atoms with Gasteiger partial charge in [-0.1, -0.05) is 45.5 Å². The standard InChI is InChI=1S/C21H31NO3Si/c1-15(25-26(8,9)21(5,6)7)17-14-22(19(23)24-20(2,3)4)18-13-11-10-12-16(17)18/h10-14H,1H2,2-9H3. The highest BCUT2D eigenvalue weighted by Gasteiger charge is 2.39. The summed E-state index contributed by atoms with van der Waals surface area (Å²) in [4.78, 5) is 12.6. The highest BCUT2D eigenvalue weighted by Crippen LogP contribution is 2.40. The fraction of sp³-hybridized carbons (Fsp3) is 0.476. The lowest BCUT2D eigenvalue weighted by Gasteiger charge is -2.37. The molecule has 0 radical (unpaired) electrons. The molecule has 0 spiro atoms. The smallest absolute Gasteiger partial charge is 0.419 e. The number of para-hydroxylation sites is 1. The van der Waals surface area contributed by atoms with Crippen molar-refractivity contribution in [2.75, 3.05) is 0 Å². The van der Waals surface area contributed by atoms with Gasteiger partial charge in [0.2, 0.25) is 8.32 Å². The topological polar surface area (TPSA) is 40.5 Å². The molecule has 0 fully saturated rings. The fourth-order valence-electron chi connectivity index (χ4n) is 2.38. The van der Waals surface area contributed by atoms with Crippen LogP contribution in [0.3, 0.4) is 0 Å². The van der Waals surface area contributed by atoms with Crippen LogP contribution in [-0.2, 0) is 9.16 Å². The van der Waals surface area contributed by atoms with Gasteiger partial charge in [0.25, 0.3) is 0 Å². The third kappa shape index (κ3) is 4.21. The Bertz CT molecular complexity index is 835. The van der Waals surface area contributed by atoms with E-state index in [0.29, 0.717) is 5.76 Å². The second-order valence-electron chi connectivity index (χ2n) is 9.20.